The van der Waals surface area contributed by atoms with E-state index >= 15 is 0 Å². The number of hydrogen-bond donors (Lipinski definition) is 0. The first-order valence-corrected chi connectivity index (χ1v) is 9.70. The van der Waals surface area contributed by atoms with Crippen molar-refractivity contribution in [1.29, 1.82) is 0 Å². The molecule has 0 spiro atoms. The lowest BCUT2D eigenvalue weighted by Crippen LogP contribution is -2.43. The van der Waals surface area contributed by atoms with E-state index < -0.39 is 0 Å². The molecule has 2 aliphatic rings. The molecule has 0 saturated carbocycles. The van der Waals surface area contributed by atoms with Crippen LogP contribution in [0.25, 0.3) is 11.4 Å². The van der Waals surface area contributed by atoms with Crippen molar-refractivity contribution in [2.75, 3.05) is 26.3 Å². The second kappa shape index (κ2) is 8.36. The number of hydrogen-bond acceptors (Lipinski definition) is 6. The first-order chi connectivity index (χ1) is 13.6. The largest absolute Gasteiger partial charge is 0.350 e. The molecule has 2 aromatic rings. The van der Waals surface area contributed by atoms with E-state index in [-0.39, 0.29) is 23.9 Å². The molecule has 8 heteroatoms. The number of nitrogens with zero attached hydrogens (tertiary/aromatic N) is 3. The first kappa shape index (κ1) is 19.0. The molecule has 0 N–H and O–H groups in total. The van der Waals surface area contributed by atoms with E-state index in [1.807, 2.05) is 4.90 Å². The monoisotopic (exact) mass is 389 g/mol. The fraction of sp³-hybridized carbons (Fsp3) is 0.550. The maximum atomic E-state index is 13.7. The van der Waals surface area contributed by atoms with E-state index in [4.69, 9.17) is 14.0 Å². The van der Waals surface area contributed by atoms with E-state index in [0.29, 0.717) is 55.4 Å². The second-order valence-corrected chi connectivity index (χ2v) is 7.33. The van der Waals surface area contributed by atoms with Gasteiger partial charge in [-0.15, -0.1) is 0 Å². The van der Waals surface area contributed by atoms with Gasteiger partial charge in [-0.1, -0.05) is 17.3 Å². The Balaban J connectivity index is 1.32. The number of ether oxygens (including phenoxy) is 2. The maximum absolute atomic E-state index is 13.7. The molecule has 1 atom stereocenters. The first-order valence-electron chi connectivity index (χ1n) is 9.70. The Morgan fingerprint density at radius 1 is 1.32 bits per heavy atom. The van der Waals surface area contributed by atoms with Crippen molar-refractivity contribution in [3.05, 3.63) is 35.5 Å². The average molecular weight is 389 g/mol. The van der Waals surface area contributed by atoms with Crippen LogP contribution in [0.4, 0.5) is 4.39 Å². The molecule has 28 heavy (non-hydrogen) atoms. The molecule has 2 fully saturated rings. The molecule has 2 aliphatic heterocycles. The summed E-state index contributed by atoms with van der Waals surface area (Å²) in [5, 5.41) is 3.90. The molecule has 1 amide bonds. The number of aromatic nitrogens is 2. The summed E-state index contributed by atoms with van der Waals surface area (Å²) in [5.41, 5.74) is 1.12. The van der Waals surface area contributed by atoms with Gasteiger partial charge in [-0.25, -0.2) is 4.39 Å². The minimum Gasteiger partial charge on any atom is -0.350 e. The van der Waals surface area contributed by atoms with Gasteiger partial charge >= 0.3 is 0 Å². The Morgan fingerprint density at radius 2 is 2.14 bits per heavy atom. The highest BCUT2D eigenvalue weighted by molar-refractivity contribution is 5.76. The van der Waals surface area contributed by atoms with Crippen LogP contribution in [0, 0.1) is 18.7 Å². The van der Waals surface area contributed by atoms with E-state index in [1.54, 1.807) is 19.1 Å². The lowest BCUT2D eigenvalue weighted by molar-refractivity contribution is -0.139. The Labute approximate surface area is 162 Å². The van der Waals surface area contributed by atoms with Crippen molar-refractivity contribution in [3.8, 4) is 11.4 Å². The van der Waals surface area contributed by atoms with Gasteiger partial charge in [-0.3, -0.25) is 4.79 Å². The Kier molecular flexibility index (Phi) is 5.68. The van der Waals surface area contributed by atoms with Gasteiger partial charge in [0.25, 0.3) is 0 Å². The highest BCUT2D eigenvalue weighted by Crippen LogP contribution is 2.25. The Hall–Kier alpha value is -2.32. The van der Waals surface area contributed by atoms with Crippen LogP contribution >= 0.6 is 0 Å². The number of aryl methyl sites for hydroxylation is 2. The lowest BCUT2D eigenvalue weighted by Gasteiger charge is -2.34. The molecule has 7 nitrogen and oxygen atoms in total. The van der Waals surface area contributed by atoms with Gasteiger partial charge in [0, 0.05) is 37.4 Å². The molecular weight excluding hydrogens is 365 g/mol. The summed E-state index contributed by atoms with van der Waals surface area (Å²) in [6, 6.07) is 4.81. The SMILES string of the molecule is Cc1ccc(-c2noc(CCC(=O)N3CCCC(C4OCCO4)C3)n2)cc1F. The third-order valence-corrected chi connectivity index (χ3v) is 5.29. The summed E-state index contributed by atoms with van der Waals surface area (Å²) in [6.07, 6.45) is 2.42. The van der Waals surface area contributed by atoms with Gasteiger partial charge in [0.1, 0.15) is 5.82 Å². The number of piperidine rings is 1. The number of likely N-dealkylation sites (tertiary alicyclic amines) is 1. The molecule has 0 radical (unpaired) electrons. The van der Waals surface area contributed by atoms with Gasteiger partial charge in [0.05, 0.1) is 13.2 Å². The van der Waals surface area contributed by atoms with Crippen LogP contribution in [-0.2, 0) is 20.7 Å². The average Bonchev–Trinajstić information content (AvgIpc) is 3.40. The third-order valence-electron chi connectivity index (χ3n) is 5.29. The van der Waals surface area contributed by atoms with E-state index in [9.17, 15) is 9.18 Å². The summed E-state index contributed by atoms with van der Waals surface area (Å²) in [6.45, 7) is 4.35. The summed E-state index contributed by atoms with van der Waals surface area (Å²) in [4.78, 5) is 18.8. The van der Waals surface area contributed by atoms with Crippen LogP contribution in [0.2, 0.25) is 0 Å². The maximum Gasteiger partial charge on any atom is 0.227 e. The molecule has 3 heterocycles. The minimum atomic E-state index is -0.311. The van der Waals surface area contributed by atoms with Crippen molar-refractivity contribution in [2.24, 2.45) is 5.92 Å². The Morgan fingerprint density at radius 3 is 2.93 bits per heavy atom. The number of carbonyl (C=O) groups is 1. The second-order valence-electron chi connectivity index (χ2n) is 7.33. The number of benzene rings is 1. The molecule has 150 valence electrons. The van der Waals surface area contributed by atoms with E-state index in [1.165, 1.54) is 6.07 Å². The molecule has 1 unspecified atom stereocenters. The highest BCUT2D eigenvalue weighted by Gasteiger charge is 2.32. The summed E-state index contributed by atoms with van der Waals surface area (Å²) in [7, 11) is 0. The normalized spacial score (nSPS) is 20.6. The molecule has 1 aromatic heterocycles. The zero-order valence-electron chi connectivity index (χ0n) is 15.9. The number of rotatable bonds is 5. The van der Waals surface area contributed by atoms with Crippen molar-refractivity contribution in [3.63, 3.8) is 0 Å². The predicted octanol–water partition coefficient (Wildman–Crippen LogP) is 2.73. The summed E-state index contributed by atoms with van der Waals surface area (Å²) >= 11 is 0. The number of halogens is 1. The van der Waals surface area contributed by atoms with Gasteiger partial charge in [-0.2, -0.15) is 4.98 Å². The van der Waals surface area contributed by atoms with E-state index in [0.717, 1.165) is 19.4 Å². The van der Waals surface area contributed by atoms with Gasteiger partial charge in [0.2, 0.25) is 17.6 Å². The minimum absolute atomic E-state index is 0.0591. The topological polar surface area (TPSA) is 77.7 Å². The molecular formula is C20H24FN3O4. The molecule has 1 aromatic carbocycles. The van der Waals surface area contributed by atoms with Gasteiger partial charge in [0.15, 0.2) is 6.29 Å². The lowest BCUT2D eigenvalue weighted by atomic mass is 9.97. The van der Waals surface area contributed by atoms with Crippen LogP contribution < -0.4 is 0 Å². The van der Waals surface area contributed by atoms with Crippen LogP contribution in [0.5, 0.6) is 0 Å². The number of carbonyl (C=O) groups excluding carboxylic acids is 1. The molecule has 2 saturated heterocycles. The number of amides is 1. The molecule has 0 aliphatic carbocycles. The fourth-order valence-electron chi connectivity index (χ4n) is 3.69. The van der Waals surface area contributed by atoms with Crippen LogP contribution in [0.1, 0.15) is 30.7 Å². The van der Waals surface area contributed by atoms with Crippen molar-refractivity contribution in [2.45, 2.75) is 38.9 Å². The zero-order valence-corrected chi connectivity index (χ0v) is 15.9. The predicted molar refractivity (Wildman–Crippen MR) is 97.7 cm³/mol. The van der Waals surface area contributed by atoms with Crippen molar-refractivity contribution >= 4 is 5.91 Å². The summed E-state index contributed by atoms with van der Waals surface area (Å²) in [5.74, 6) is 0.680. The Bertz CT molecular complexity index is 835. The quantitative estimate of drug-likeness (QED) is 0.783. The third kappa shape index (κ3) is 4.23. The van der Waals surface area contributed by atoms with Crippen molar-refractivity contribution < 1.29 is 23.2 Å². The van der Waals surface area contributed by atoms with E-state index in [2.05, 4.69) is 10.1 Å². The standard InChI is InChI=1S/C20H24FN3O4/c1-13-4-5-14(11-16(13)21)19-22-17(28-23-19)6-7-18(25)24-8-2-3-15(12-24)20-26-9-10-27-20/h4-5,11,15,20H,2-3,6-10,12H2,1H3. The zero-order chi connectivity index (χ0) is 19.5. The smallest absolute Gasteiger partial charge is 0.227 e. The van der Waals surface area contributed by atoms with Crippen molar-refractivity contribution in [1.82, 2.24) is 15.0 Å². The van der Waals surface area contributed by atoms with Crippen LogP contribution in [-0.4, -0.2) is 53.5 Å². The molecule has 0 bridgehead atoms. The van der Waals surface area contributed by atoms with Gasteiger partial charge < -0.3 is 18.9 Å². The molecule has 4 rings (SSSR count). The summed E-state index contributed by atoms with van der Waals surface area (Å²) < 4.78 is 30.1. The highest BCUT2D eigenvalue weighted by atomic mass is 19.1. The fourth-order valence-corrected chi connectivity index (χ4v) is 3.69. The van der Waals surface area contributed by atoms with Gasteiger partial charge in [-0.05, 0) is 31.4 Å². The van der Waals surface area contributed by atoms with Crippen LogP contribution in [0.3, 0.4) is 0 Å². The van der Waals surface area contributed by atoms with Crippen LogP contribution in [0.15, 0.2) is 22.7 Å².